The van der Waals surface area contributed by atoms with E-state index in [1.807, 2.05) is 38.1 Å². The van der Waals surface area contributed by atoms with Crippen molar-refractivity contribution in [2.24, 2.45) is 0 Å². The highest BCUT2D eigenvalue weighted by molar-refractivity contribution is 5.30. The summed E-state index contributed by atoms with van der Waals surface area (Å²) in [6.45, 7) is 3.86. The molecule has 0 fully saturated rings. The van der Waals surface area contributed by atoms with Gasteiger partial charge in [0, 0.05) is 0 Å². The monoisotopic (exact) mass is 194 g/mol. The molecule has 0 aliphatic heterocycles. The molecule has 2 heteroatoms. The molecule has 0 saturated carbocycles. The third kappa shape index (κ3) is 2.34. The minimum Gasteiger partial charge on any atom is -0.388 e. The molecule has 78 valence electrons. The van der Waals surface area contributed by atoms with Crippen LogP contribution in [0.2, 0.25) is 0 Å². The summed E-state index contributed by atoms with van der Waals surface area (Å²) in [5.74, 6) is 0. The second kappa shape index (κ2) is 5.13. The van der Waals surface area contributed by atoms with Gasteiger partial charge in [0.15, 0.2) is 0 Å². The average molecular weight is 194 g/mol. The highest BCUT2D eigenvalue weighted by Gasteiger charge is 2.14. The van der Waals surface area contributed by atoms with Gasteiger partial charge in [-0.05, 0) is 24.0 Å². The number of aliphatic hydroxyl groups is 2. The van der Waals surface area contributed by atoms with E-state index in [0.717, 1.165) is 11.1 Å². The summed E-state index contributed by atoms with van der Waals surface area (Å²) in [6.07, 6.45) is 0.417. The molecule has 1 aromatic rings. The maximum absolute atomic E-state index is 9.74. The molecule has 0 radical (unpaired) electrons. The van der Waals surface area contributed by atoms with Crippen molar-refractivity contribution in [3.63, 3.8) is 0 Å². The third-order valence-electron chi connectivity index (χ3n) is 2.49. The molecule has 0 aliphatic rings. The lowest BCUT2D eigenvalue weighted by Crippen LogP contribution is -2.05. The molecular weight excluding hydrogens is 176 g/mol. The molecule has 0 aliphatic carbocycles. The Morgan fingerprint density at radius 2 is 1.29 bits per heavy atom. The largest absolute Gasteiger partial charge is 0.388 e. The maximum Gasteiger partial charge on any atom is 0.0791 e. The Labute approximate surface area is 85.2 Å². The number of benzene rings is 1. The van der Waals surface area contributed by atoms with Gasteiger partial charge in [-0.3, -0.25) is 0 Å². The quantitative estimate of drug-likeness (QED) is 0.773. The van der Waals surface area contributed by atoms with Crippen molar-refractivity contribution in [2.75, 3.05) is 0 Å². The van der Waals surface area contributed by atoms with Crippen molar-refractivity contribution in [2.45, 2.75) is 38.9 Å². The van der Waals surface area contributed by atoms with E-state index in [-0.39, 0.29) is 0 Å². The number of hydrogen-bond acceptors (Lipinski definition) is 2. The van der Waals surface area contributed by atoms with Gasteiger partial charge in [-0.15, -0.1) is 0 Å². The van der Waals surface area contributed by atoms with Crippen LogP contribution in [0.5, 0.6) is 0 Å². The van der Waals surface area contributed by atoms with E-state index in [1.165, 1.54) is 0 Å². The van der Waals surface area contributed by atoms with Gasteiger partial charge in [0.05, 0.1) is 12.2 Å². The van der Waals surface area contributed by atoms with Crippen LogP contribution in [-0.2, 0) is 0 Å². The lowest BCUT2D eigenvalue weighted by Gasteiger charge is -2.17. The Morgan fingerprint density at radius 1 is 0.929 bits per heavy atom. The topological polar surface area (TPSA) is 40.5 Å². The average Bonchev–Trinajstić information content (AvgIpc) is 2.27. The molecule has 1 aromatic carbocycles. The van der Waals surface area contributed by atoms with Crippen LogP contribution < -0.4 is 0 Å². The predicted octanol–water partition coefficient (Wildman–Crippen LogP) is 2.57. The molecule has 0 spiro atoms. The van der Waals surface area contributed by atoms with E-state index >= 15 is 0 Å². The molecule has 0 saturated heterocycles. The normalized spacial score (nSPS) is 15.1. The third-order valence-corrected chi connectivity index (χ3v) is 2.49. The van der Waals surface area contributed by atoms with E-state index in [2.05, 4.69) is 0 Å². The van der Waals surface area contributed by atoms with Gasteiger partial charge in [0.25, 0.3) is 0 Å². The van der Waals surface area contributed by atoms with E-state index in [9.17, 15) is 10.2 Å². The van der Waals surface area contributed by atoms with Crippen LogP contribution in [0, 0.1) is 0 Å². The smallest absolute Gasteiger partial charge is 0.0791 e. The van der Waals surface area contributed by atoms with Crippen LogP contribution in [0.25, 0.3) is 0 Å². The van der Waals surface area contributed by atoms with Crippen LogP contribution >= 0.6 is 0 Å². The van der Waals surface area contributed by atoms with Crippen molar-refractivity contribution in [3.05, 3.63) is 35.4 Å². The predicted molar refractivity (Wildman–Crippen MR) is 56.9 cm³/mol. The highest BCUT2D eigenvalue weighted by atomic mass is 16.3. The Hall–Kier alpha value is -0.860. The molecule has 0 bridgehead atoms. The fourth-order valence-corrected chi connectivity index (χ4v) is 1.56. The first-order valence-corrected chi connectivity index (χ1v) is 5.15. The van der Waals surface area contributed by atoms with Gasteiger partial charge in [-0.2, -0.15) is 0 Å². The molecule has 2 atom stereocenters. The van der Waals surface area contributed by atoms with Crippen molar-refractivity contribution in [1.82, 2.24) is 0 Å². The second-order valence-electron chi connectivity index (χ2n) is 3.48. The fourth-order valence-electron chi connectivity index (χ4n) is 1.56. The first-order chi connectivity index (χ1) is 6.70. The molecule has 14 heavy (non-hydrogen) atoms. The molecular formula is C12H18O2. The maximum atomic E-state index is 9.74. The van der Waals surface area contributed by atoms with E-state index in [1.54, 1.807) is 0 Å². The molecule has 0 amide bonds. The van der Waals surface area contributed by atoms with Crippen LogP contribution in [0.15, 0.2) is 24.3 Å². The zero-order chi connectivity index (χ0) is 10.6. The Balaban J connectivity index is 3.02. The van der Waals surface area contributed by atoms with Gasteiger partial charge in [0.2, 0.25) is 0 Å². The molecule has 2 nitrogen and oxygen atoms in total. The van der Waals surface area contributed by atoms with Gasteiger partial charge >= 0.3 is 0 Å². The molecule has 2 N–H and O–H groups in total. The first kappa shape index (κ1) is 11.2. The van der Waals surface area contributed by atoms with Gasteiger partial charge in [-0.25, -0.2) is 0 Å². The minimum absolute atomic E-state index is 0.465. The molecule has 0 heterocycles. The Kier molecular flexibility index (Phi) is 4.11. The Bertz CT molecular complexity index is 254. The van der Waals surface area contributed by atoms with Crippen molar-refractivity contribution in [1.29, 1.82) is 0 Å². The van der Waals surface area contributed by atoms with E-state index in [0.29, 0.717) is 12.8 Å². The van der Waals surface area contributed by atoms with Crippen molar-refractivity contribution < 1.29 is 10.2 Å². The second-order valence-corrected chi connectivity index (χ2v) is 3.48. The van der Waals surface area contributed by atoms with E-state index in [4.69, 9.17) is 0 Å². The zero-order valence-electron chi connectivity index (χ0n) is 8.77. The van der Waals surface area contributed by atoms with Crippen LogP contribution in [0.3, 0.4) is 0 Å². The highest BCUT2D eigenvalue weighted by Crippen LogP contribution is 2.26. The van der Waals surface area contributed by atoms with E-state index < -0.39 is 12.2 Å². The summed E-state index contributed by atoms with van der Waals surface area (Å²) in [7, 11) is 0. The van der Waals surface area contributed by atoms with Crippen LogP contribution in [0.1, 0.15) is 50.0 Å². The summed E-state index contributed by atoms with van der Waals surface area (Å²) in [5, 5.41) is 19.5. The number of hydrogen-bond donors (Lipinski definition) is 2. The fraction of sp³-hybridized carbons (Fsp3) is 0.500. The first-order valence-electron chi connectivity index (χ1n) is 5.15. The van der Waals surface area contributed by atoms with Crippen LogP contribution in [-0.4, -0.2) is 10.2 Å². The summed E-state index contributed by atoms with van der Waals surface area (Å²) in [5.41, 5.74) is 1.70. The molecule has 2 unspecified atom stereocenters. The SMILES string of the molecule is CCC(O)c1ccccc1C(O)CC. The number of aliphatic hydroxyl groups excluding tert-OH is 2. The lowest BCUT2D eigenvalue weighted by molar-refractivity contribution is 0.150. The van der Waals surface area contributed by atoms with Gasteiger partial charge < -0.3 is 10.2 Å². The molecule has 0 aromatic heterocycles. The minimum atomic E-state index is -0.465. The zero-order valence-corrected chi connectivity index (χ0v) is 8.77. The van der Waals surface area contributed by atoms with Crippen molar-refractivity contribution in [3.8, 4) is 0 Å². The summed E-state index contributed by atoms with van der Waals surface area (Å²) >= 11 is 0. The number of rotatable bonds is 4. The molecule has 1 rings (SSSR count). The van der Waals surface area contributed by atoms with Crippen molar-refractivity contribution >= 4 is 0 Å². The standard InChI is InChI=1S/C12H18O2/c1-3-11(13)9-7-5-6-8-10(9)12(14)4-2/h5-8,11-14H,3-4H2,1-2H3. The van der Waals surface area contributed by atoms with Gasteiger partial charge in [0.1, 0.15) is 0 Å². The van der Waals surface area contributed by atoms with Gasteiger partial charge in [-0.1, -0.05) is 38.1 Å². The summed E-state index contributed by atoms with van der Waals surface area (Å²) in [6, 6.07) is 7.53. The Morgan fingerprint density at radius 3 is 1.57 bits per heavy atom. The summed E-state index contributed by atoms with van der Waals surface area (Å²) in [4.78, 5) is 0. The summed E-state index contributed by atoms with van der Waals surface area (Å²) < 4.78 is 0. The van der Waals surface area contributed by atoms with Crippen LogP contribution in [0.4, 0.5) is 0 Å². The lowest BCUT2D eigenvalue weighted by atomic mass is 9.96.